The molecule has 3 atom stereocenters. The fourth-order valence-electron chi connectivity index (χ4n) is 4.72. The van der Waals surface area contributed by atoms with Crippen LogP contribution in [-0.2, 0) is 19.5 Å². The molecule has 0 bridgehead atoms. The van der Waals surface area contributed by atoms with E-state index in [9.17, 15) is 22.0 Å². The minimum atomic E-state index is -4.08. The van der Waals surface area contributed by atoms with Crippen LogP contribution in [0.15, 0.2) is 24.3 Å². The number of nitrogens with zero attached hydrogens (tertiary/aromatic N) is 1. The lowest BCUT2D eigenvalue weighted by Crippen LogP contribution is -2.50. The van der Waals surface area contributed by atoms with Crippen molar-refractivity contribution in [2.75, 3.05) is 19.7 Å². The number of halogens is 2. The Balaban J connectivity index is 1.61. The molecule has 0 aromatic heterocycles. The molecule has 1 heterocycles. The zero-order chi connectivity index (χ0) is 22.6. The van der Waals surface area contributed by atoms with Gasteiger partial charge in [0.05, 0.1) is 25.9 Å². The molecule has 1 amide bonds. The average molecular weight is 461 g/mol. The second-order valence-electron chi connectivity index (χ2n) is 8.34. The van der Waals surface area contributed by atoms with Gasteiger partial charge in [0.25, 0.3) is 0 Å². The lowest BCUT2D eigenvalue weighted by molar-refractivity contribution is -0.00862. The predicted molar refractivity (Wildman–Crippen MR) is 111 cm³/mol. The van der Waals surface area contributed by atoms with Crippen LogP contribution in [0.5, 0.6) is 0 Å². The molecule has 31 heavy (non-hydrogen) atoms. The van der Waals surface area contributed by atoms with Gasteiger partial charge < -0.3 is 9.47 Å². The van der Waals surface area contributed by atoms with Crippen molar-refractivity contribution in [2.45, 2.75) is 69.2 Å². The summed E-state index contributed by atoms with van der Waals surface area (Å²) in [6, 6.07) is 3.61. The third kappa shape index (κ3) is 5.93. The number of amides is 1. The third-order valence-corrected chi connectivity index (χ3v) is 7.20. The summed E-state index contributed by atoms with van der Waals surface area (Å²) in [4.78, 5) is 13.7. The molecule has 174 valence electrons. The zero-order valence-corrected chi connectivity index (χ0v) is 18.6. The van der Waals surface area contributed by atoms with E-state index in [4.69, 9.17) is 9.47 Å². The summed E-state index contributed by atoms with van der Waals surface area (Å²) in [5.74, 6) is 0.0358. The van der Waals surface area contributed by atoms with Crippen molar-refractivity contribution in [2.24, 2.45) is 0 Å². The summed E-state index contributed by atoms with van der Waals surface area (Å²) in [6.45, 7) is 1.91. The Morgan fingerprint density at radius 1 is 1.26 bits per heavy atom. The van der Waals surface area contributed by atoms with Crippen molar-refractivity contribution in [1.82, 2.24) is 9.62 Å². The first-order chi connectivity index (χ1) is 14.7. The molecule has 3 rings (SSSR count). The number of hydrogen-bond donors (Lipinski definition) is 1. The maximum absolute atomic E-state index is 13.5. The highest BCUT2D eigenvalue weighted by molar-refractivity contribution is 7.89. The number of nitrogens with one attached hydrogen (secondary N) is 1. The van der Waals surface area contributed by atoms with Crippen LogP contribution in [0.2, 0.25) is 0 Å². The van der Waals surface area contributed by atoms with Gasteiger partial charge in [0.1, 0.15) is 5.82 Å². The Bertz CT molecular complexity index is 861. The standard InChI is InChI=1S/C21H30F2N2O5S/c1-14-10-19(24-31(27,28)13-22)20(25(14)21(26)29-2)12-30-18-8-6-15(7-9-18)16-4-3-5-17(23)11-16/h3-5,11,14-15,18-20,24H,6-10,12-13H2,1-2H3/t14-,15-,18+,19+,20+/m0/s1. The molecule has 0 unspecified atom stereocenters. The molecule has 2 fully saturated rings. The molecule has 1 N–H and O–H groups in total. The number of ether oxygens (including phenoxy) is 2. The number of carbonyl (C=O) groups excluding carboxylic acids is 1. The van der Waals surface area contributed by atoms with E-state index < -0.39 is 34.2 Å². The number of likely N-dealkylation sites (tertiary alicyclic amines) is 1. The second kappa shape index (κ2) is 10.2. The van der Waals surface area contributed by atoms with Crippen LogP contribution >= 0.6 is 0 Å². The fraction of sp³-hybridized carbons (Fsp3) is 0.667. The van der Waals surface area contributed by atoms with Gasteiger partial charge in [0.15, 0.2) is 0 Å². The Labute approximate surface area is 182 Å². The number of rotatable bonds is 7. The lowest BCUT2D eigenvalue weighted by Gasteiger charge is -2.33. The molecule has 1 aliphatic carbocycles. The molecule has 1 aromatic carbocycles. The van der Waals surface area contributed by atoms with E-state index in [1.54, 1.807) is 19.1 Å². The highest BCUT2D eigenvalue weighted by Crippen LogP contribution is 2.35. The van der Waals surface area contributed by atoms with Crippen LogP contribution in [0.1, 0.15) is 50.5 Å². The first-order valence-corrected chi connectivity index (χ1v) is 12.2. The first-order valence-electron chi connectivity index (χ1n) is 10.5. The third-order valence-electron chi connectivity index (χ3n) is 6.25. The Morgan fingerprint density at radius 3 is 2.58 bits per heavy atom. The molecule has 0 radical (unpaired) electrons. The number of carbonyl (C=O) groups is 1. The molecule has 1 aliphatic heterocycles. The molecule has 10 heteroatoms. The first kappa shape index (κ1) is 23.9. The number of sulfonamides is 1. The summed E-state index contributed by atoms with van der Waals surface area (Å²) in [7, 11) is -2.82. The fourth-order valence-corrected chi connectivity index (χ4v) is 5.50. The lowest BCUT2D eigenvalue weighted by atomic mass is 9.82. The second-order valence-corrected chi connectivity index (χ2v) is 10.0. The van der Waals surface area contributed by atoms with Gasteiger partial charge >= 0.3 is 6.09 Å². The molecule has 7 nitrogen and oxygen atoms in total. The Morgan fingerprint density at radius 2 is 1.97 bits per heavy atom. The van der Waals surface area contributed by atoms with Crippen molar-refractivity contribution in [3.63, 3.8) is 0 Å². The van der Waals surface area contributed by atoms with Crippen LogP contribution in [0.3, 0.4) is 0 Å². The minimum Gasteiger partial charge on any atom is -0.453 e. The van der Waals surface area contributed by atoms with E-state index in [0.29, 0.717) is 6.42 Å². The number of alkyl halides is 1. The molecule has 1 saturated carbocycles. The summed E-state index contributed by atoms with van der Waals surface area (Å²) < 4.78 is 63.1. The summed E-state index contributed by atoms with van der Waals surface area (Å²) in [5.41, 5.74) is 0.987. The van der Waals surface area contributed by atoms with Crippen LogP contribution < -0.4 is 4.72 Å². The predicted octanol–water partition coefficient (Wildman–Crippen LogP) is 3.31. The summed E-state index contributed by atoms with van der Waals surface area (Å²) in [5, 5.41) is 0. The van der Waals surface area contributed by atoms with Crippen LogP contribution in [0, 0.1) is 5.82 Å². The van der Waals surface area contributed by atoms with Crippen molar-refractivity contribution >= 4 is 16.1 Å². The van der Waals surface area contributed by atoms with Gasteiger partial charge in [0.2, 0.25) is 16.0 Å². The van der Waals surface area contributed by atoms with E-state index >= 15 is 0 Å². The number of methoxy groups -OCH3 is 1. The largest absolute Gasteiger partial charge is 0.453 e. The maximum Gasteiger partial charge on any atom is 0.410 e. The van der Waals surface area contributed by atoms with E-state index in [1.807, 2.05) is 6.07 Å². The average Bonchev–Trinajstić information content (AvgIpc) is 3.06. The van der Waals surface area contributed by atoms with Gasteiger partial charge in [-0.1, -0.05) is 12.1 Å². The molecule has 1 aromatic rings. The summed E-state index contributed by atoms with van der Waals surface area (Å²) >= 11 is 0. The molecular weight excluding hydrogens is 430 g/mol. The smallest absolute Gasteiger partial charge is 0.410 e. The van der Waals surface area contributed by atoms with E-state index in [2.05, 4.69) is 4.72 Å². The van der Waals surface area contributed by atoms with Gasteiger partial charge in [0, 0.05) is 12.1 Å². The quantitative estimate of drug-likeness (QED) is 0.675. The van der Waals surface area contributed by atoms with E-state index in [1.165, 1.54) is 18.1 Å². The Kier molecular flexibility index (Phi) is 7.87. The molecule has 1 saturated heterocycles. The molecule has 2 aliphatic rings. The van der Waals surface area contributed by atoms with E-state index in [0.717, 1.165) is 31.2 Å². The van der Waals surface area contributed by atoms with Crippen LogP contribution in [0.25, 0.3) is 0 Å². The SMILES string of the molecule is COC(=O)N1[C@H](CO[C@H]2CC[C@@H](c3cccc(F)c3)CC2)[C@H](NS(=O)(=O)CF)C[C@@H]1C. The van der Waals surface area contributed by atoms with Gasteiger partial charge in [-0.15, -0.1) is 0 Å². The van der Waals surface area contributed by atoms with Crippen LogP contribution in [-0.4, -0.2) is 63.4 Å². The van der Waals surface area contributed by atoms with Gasteiger partial charge in [-0.3, -0.25) is 4.90 Å². The van der Waals surface area contributed by atoms with E-state index in [-0.39, 0.29) is 30.5 Å². The number of benzene rings is 1. The maximum atomic E-state index is 13.5. The van der Waals surface area contributed by atoms with Gasteiger partial charge in [-0.25, -0.2) is 26.7 Å². The summed E-state index contributed by atoms with van der Waals surface area (Å²) in [6.07, 6.45) is 3.00. The normalized spacial score (nSPS) is 29.2. The van der Waals surface area contributed by atoms with Gasteiger partial charge in [-0.05, 0) is 62.6 Å². The molecular formula is C21H30F2N2O5S. The molecule has 0 spiro atoms. The highest BCUT2D eigenvalue weighted by Gasteiger charge is 2.44. The Hall–Kier alpha value is -1.78. The van der Waals surface area contributed by atoms with Gasteiger partial charge in [-0.2, -0.15) is 0 Å². The topological polar surface area (TPSA) is 84.9 Å². The monoisotopic (exact) mass is 460 g/mol. The number of hydrogen-bond acceptors (Lipinski definition) is 5. The minimum absolute atomic E-state index is 0.0429. The van der Waals surface area contributed by atoms with Crippen molar-refractivity contribution < 1.29 is 31.5 Å². The zero-order valence-electron chi connectivity index (χ0n) is 17.8. The van der Waals surface area contributed by atoms with Crippen molar-refractivity contribution in [3.8, 4) is 0 Å². The van der Waals surface area contributed by atoms with Crippen molar-refractivity contribution in [1.29, 1.82) is 0 Å². The van der Waals surface area contributed by atoms with Crippen LogP contribution in [0.4, 0.5) is 13.6 Å². The highest BCUT2D eigenvalue weighted by atomic mass is 32.2. The van der Waals surface area contributed by atoms with Crippen molar-refractivity contribution in [3.05, 3.63) is 35.6 Å².